The van der Waals surface area contributed by atoms with Gasteiger partial charge in [-0.15, -0.1) is 0 Å². The van der Waals surface area contributed by atoms with E-state index in [0.717, 1.165) is 158 Å². The number of urea groups is 2. The normalized spacial score (nSPS) is 17.2. The van der Waals surface area contributed by atoms with Gasteiger partial charge in [-0.1, -0.05) is 171 Å². The molecule has 20 rings (SSSR count). The largest absolute Gasteiger partial charge is 0.493 e. The molecule has 6 fully saturated rings. The highest BCUT2D eigenvalue weighted by molar-refractivity contribution is 8.15. The van der Waals surface area contributed by atoms with Crippen molar-refractivity contribution in [1.29, 1.82) is 0 Å². The van der Waals surface area contributed by atoms with Crippen LogP contribution in [0.15, 0.2) is 295 Å². The van der Waals surface area contributed by atoms with Crippen molar-refractivity contribution in [3.05, 3.63) is 312 Å². The van der Waals surface area contributed by atoms with Crippen molar-refractivity contribution in [1.82, 2.24) is 40.9 Å². The van der Waals surface area contributed by atoms with Gasteiger partial charge >= 0.3 is 12.1 Å². The van der Waals surface area contributed by atoms with Crippen LogP contribution >= 0.6 is 23.5 Å². The predicted molar refractivity (Wildman–Crippen MR) is 562 cm³/mol. The maximum Gasteiger partial charge on any atom is 0.348 e. The molecule has 0 spiro atoms. The lowest BCUT2D eigenvalue weighted by molar-refractivity contribution is -0.119. The molecule has 0 bridgehead atoms. The molecule has 4 N–H and O–H groups in total. The molecular formula is C116H118N10O20S2. The van der Waals surface area contributed by atoms with Gasteiger partial charge in [0.15, 0.2) is 0 Å². The van der Waals surface area contributed by atoms with Gasteiger partial charge in [0.2, 0.25) is 11.8 Å². The molecule has 8 aliphatic rings. The minimum atomic E-state index is -2.09. The van der Waals surface area contributed by atoms with Crippen molar-refractivity contribution in [2.45, 2.75) is 215 Å². The number of imide groups is 4. The summed E-state index contributed by atoms with van der Waals surface area (Å²) in [4.78, 5) is 159. The number of hydrogen-bond acceptors (Lipinski definition) is 22. The molecule has 30 nitrogen and oxygen atoms in total. The summed E-state index contributed by atoms with van der Waals surface area (Å²) in [6.45, 7) is -1.89. The number of furan rings is 4. The summed E-state index contributed by atoms with van der Waals surface area (Å²) in [7, 11) is 0. The Balaban J connectivity index is 0.000000139. The maximum absolute atomic E-state index is 13.6. The lowest BCUT2D eigenvalue weighted by atomic mass is 10.1. The molecule has 2 atom stereocenters. The number of unbranched alkanes of at least 4 members (excludes halogenated alkanes) is 8. The summed E-state index contributed by atoms with van der Waals surface area (Å²) in [6.07, 6.45) is 23.4. The topological polar surface area (TPSA) is 380 Å². The number of benzene rings is 8. The monoisotopic (exact) mass is 2040 g/mol. The summed E-state index contributed by atoms with van der Waals surface area (Å²) in [6, 6.07) is 68.9. The number of nitrogens with one attached hydrogen (secondary N) is 4. The van der Waals surface area contributed by atoms with E-state index in [4.69, 9.17) is 44.8 Å². The molecule has 8 aromatic carbocycles. The van der Waals surface area contributed by atoms with Crippen molar-refractivity contribution in [2.24, 2.45) is 9.98 Å². The van der Waals surface area contributed by atoms with Crippen LogP contribution in [0.25, 0.3) is 45.3 Å². The highest BCUT2D eigenvalue weighted by atomic mass is 32.2. The second-order valence-electron chi connectivity index (χ2n) is 36.5. The van der Waals surface area contributed by atoms with Crippen LogP contribution in [0.1, 0.15) is 226 Å². The van der Waals surface area contributed by atoms with Crippen LogP contribution in [0.5, 0.6) is 23.0 Å². The van der Waals surface area contributed by atoms with Crippen LogP contribution in [0.4, 0.5) is 19.2 Å². The Bertz CT molecular complexity index is 7010. The fourth-order valence-corrected chi connectivity index (χ4v) is 18.6. The summed E-state index contributed by atoms with van der Waals surface area (Å²) in [5.74, 6) is 2.71. The van der Waals surface area contributed by atoms with Crippen LogP contribution in [0.3, 0.4) is 0 Å². The van der Waals surface area contributed by atoms with Gasteiger partial charge in [0.25, 0.3) is 45.9 Å². The molecule has 14 amide bonds. The van der Waals surface area contributed by atoms with Gasteiger partial charge in [0.05, 0.1) is 70.2 Å². The van der Waals surface area contributed by atoms with E-state index in [0.29, 0.717) is 165 Å². The average Bonchev–Trinajstić information content (AvgIpc) is 1.50. The molecule has 764 valence electrons. The molecule has 4 aromatic heterocycles. The number of rotatable bonds is 48. The van der Waals surface area contributed by atoms with E-state index < -0.39 is 48.9 Å². The summed E-state index contributed by atoms with van der Waals surface area (Å²) < 4.78 is 99.6. The first-order valence-electron chi connectivity index (χ1n) is 53.2. The molecule has 4 aliphatic carbocycles. The van der Waals surface area contributed by atoms with Gasteiger partial charge in [-0.2, -0.15) is 9.98 Å². The predicted octanol–water partition coefficient (Wildman–Crippen LogP) is 22.8. The van der Waals surface area contributed by atoms with E-state index in [2.05, 4.69) is 31.3 Å². The summed E-state index contributed by atoms with van der Waals surface area (Å²) >= 11 is 2.11. The number of amides is 14. The van der Waals surface area contributed by atoms with E-state index in [1.165, 1.54) is 9.80 Å². The number of carbonyl (C=O) groups excluding carboxylic acids is 12. The third-order valence-corrected chi connectivity index (χ3v) is 27.5. The molecular weight excluding hydrogens is 1920 g/mol. The number of carbonyl (C=O) groups is 12. The molecule has 12 aromatic rings. The molecule has 8 heterocycles. The number of aliphatic imine (C=N–C) groups is 2. The van der Waals surface area contributed by atoms with Gasteiger partial charge < -0.3 is 56.2 Å². The van der Waals surface area contributed by atoms with Crippen LogP contribution in [0.2, 0.25) is 0 Å². The third kappa shape index (κ3) is 29.5. The maximum atomic E-state index is 13.6. The van der Waals surface area contributed by atoms with Gasteiger partial charge in [-0.25, -0.2) is 9.59 Å². The van der Waals surface area contributed by atoms with Gasteiger partial charge in [0, 0.05) is 117 Å². The Morgan fingerprint density at radius 2 is 0.608 bits per heavy atom. The highest BCUT2D eigenvalue weighted by Gasteiger charge is 2.40. The lowest BCUT2D eigenvalue weighted by Gasteiger charge is -2.24. The van der Waals surface area contributed by atoms with Gasteiger partial charge in [-0.05, 0) is 250 Å². The molecule has 0 radical (unpaired) electrons. The van der Waals surface area contributed by atoms with E-state index in [1.54, 1.807) is 168 Å². The first kappa shape index (κ1) is 96.0. The standard InChI is InChI=1S/2C29H29N3O5.2C29H30N2O5S/c2*33-27-24(30-29(35)31-27)8-2-1-5-17-36-26-9-4-3-7-22(26)19-32(23-15-16-23)28(34)21-13-11-20(12-14-21)25-10-6-18-37-25;2*32-27-26(37-29(34)30-27)10-2-1-5-17-35-25-8-4-3-7-22(25)19-31(23-15-16-23)28(33)21-13-11-20(12-14-21)24-9-6-18-36-24/h2*3-4,6-7,9-14,18,23H,1-2,5,8,15-17,19H2,(H,31,33,35);2*3-4,6-9,11-14,18,23,26H,1-2,5,10,15-17,19H2,(H,30,32,34)/i23D;19D2;23D;19D2. The zero-order chi connectivity index (χ0) is 108. The number of nitrogens with zero attached hydrogens (tertiary/aromatic N) is 6. The third-order valence-electron chi connectivity index (χ3n) is 25.4. The van der Waals surface area contributed by atoms with Crippen LogP contribution in [-0.4, -0.2) is 162 Å². The zero-order valence-corrected chi connectivity index (χ0v) is 83.2. The Hall–Kier alpha value is -15.4. The van der Waals surface area contributed by atoms with Gasteiger partial charge in [0.1, 0.15) is 57.5 Å². The first-order chi connectivity index (χ1) is 74.5. The number of para-hydroxylation sites is 4. The minimum absolute atomic E-state index is 0.175. The Kier molecular flexibility index (Phi) is 33.5. The van der Waals surface area contributed by atoms with E-state index >= 15 is 0 Å². The van der Waals surface area contributed by atoms with Crippen molar-refractivity contribution >= 4 is 105 Å². The van der Waals surface area contributed by atoms with Crippen LogP contribution in [0, 0.1) is 0 Å². The van der Waals surface area contributed by atoms with Crippen LogP contribution < -0.4 is 40.2 Å². The average molecular weight is 2040 g/mol. The van der Waals surface area contributed by atoms with Crippen molar-refractivity contribution in [3.8, 4) is 68.3 Å². The smallest absolute Gasteiger partial charge is 0.348 e. The van der Waals surface area contributed by atoms with E-state index in [9.17, 15) is 57.5 Å². The second kappa shape index (κ2) is 51.6. The van der Waals surface area contributed by atoms with Crippen LogP contribution in [-0.2, 0) is 45.3 Å². The Labute approximate surface area is 874 Å². The van der Waals surface area contributed by atoms with E-state index in [-0.39, 0.29) is 86.5 Å². The van der Waals surface area contributed by atoms with E-state index in [1.807, 2.05) is 109 Å². The fraction of sp³-hybridized carbons (Fsp3) is 0.328. The first-order valence-corrected chi connectivity index (χ1v) is 51.9. The van der Waals surface area contributed by atoms with Gasteiger partial charge in [-0.3, -0.25) is 69.2 Å². The summed E-state index contributed by atoms with van der Waals surface area (Å²) in [5.41, 5.74) is 8.20. The number of hydrogen-bond donors (Lipinski definition) is 4. The quantitative estimate of drug-likeness (QED) is 0.0257. The minimum Gasteiger partial charge on any atom is -0.493 e. The molecule has 4 aliphatic heterocycles. The molecule has 4 saturated carbocycles. The molecule has 32 heteroatoms. The van der Waals surface area contributed by atoms with Crippen molar-refractivity contribution in [2.75, 3.05) is 26.4 Å². The SMILES string of the molecule is [2H]C([2H])(c1ccccc1OCCCCCC1=NC(=O)NC1=O)N(C(=O)c1ccc(-c2ccco2)cc1)C1CC1.[2H]C([2H])(c1ccccc1OCCCCCC1SC(=O)NC1=O)N(C(=O)c1ccc(-c2ccco2)cc1)C1CC1.[2H]C1(N(Cc2ccccc2OCCCCCC2=NC(=O)NC2=O)C(=O)c2ccc(-c3ccco3)cc2)CC1.[2H]C1(N(Cc2ccccc2OCCCCCC2SC(=O)NC2=O)C(=O)c2ccc(-c3ccco3)cc2)CC1. The Morgan fingerprint density at radius 1 is 0.324 bits per heavy atom. The fourth-order valence-electron chi connectivity index (χ4n) is 16.9. The second-order valence-corrected chi connectivity index (χ2v) is 38.8. The highest BCUT2D eigenvalue weighted by Crippen LogP contribution is 2.40. The molecule has 2 saturated heterocycles. The van der Waals surface area contributed by atoms with Crippen molar-refractivity contribution in [3.63, 3.8) is 0 Å². The van der Waals surface area contributed by atoms with Crippen molar-refractivity contribution < 1.29 is 102 Å². The zero-order valence-electron chi connectivity index (χ0n) is 87.6. The molecule has 148 heavy (non-hydrogen) atoms. The number of ether oxygens (including phenoxy) is 4. The summed E-state index contributed by atoms with van der Waals surface area (Å²) in [5, 5.41) is 7.75. The molecule has 2 unspecified atom stereocenters. The number of thioether (sulfide) groups is 2. The lowest BCUT2D eigenvalue weighted by Crippen LogP contribution is -2.32. The Morgan fingerprint density at radius 3 is 0.872 bits per heavy atom.